The van der Waals surface area contributed by atoms with Crippen molar-refractivity contribution in [3.05, 3.63) is 11.6 Å². The smallest absolute Gasteiger partial charge is 0.328 e. The van der Waals surface area contributed by atoms with Crippen molar-refractivity contribution >= 4 is 5.97 Å². The molecule has 1 unspecified atom stereocenters. The van der Waals surface area contributed by atoms with E-state index in [1.165, 1.54) is 0 Å². The third kappa shape index (κ3) is 2.83. The lowest BCUT2D eigenvalue weighted by atomic mass is 10.1. The molecule has 1 saturated heterocycles. The Labute approximate surface area is 117 Å². The third-order valence-corrected chi connectivity index (χ3v) is 3.96. The number of nitrogens with zero attached hydrogens (tertiary/aromatic N) is 4. The Morgan fingerprint density at radius 2 is 2.20 bits per heavy atom. The van der Waals surface area contributed by atoms with Crippen LogP contribution >= 0.6 is 0 Å². The zero-order valence-corrected chi connectivity index (χ0v) is 11.5. The van der Waals surface area contributed by atoms with Gasteiger partial charge in [0.1, 0.15) is 5.82 Å². The van der Waals surface area contributed by atoms with Crippen molar-refractivity contribution in [2.75, 3.05) is 32.8 Å². The number of rotatable bonds is 4. The summed E-state index contributed by atoms with van der Waals surface area (Å²) in [7, 11) is 0. The van der Waals surface area contributed by atoms with Gasteiger partial charge in [0, 0.05) is 32.5 Å². The highest BCUT2D eigenvalue weighted by Gasteiger charge is 2.28. The first-order valence-electron chi connectivity index (χ1n) is 7.21. The molecule has 0 radical (unpaired) electrons. The monoisotopic (exact) mass is 280 g/mol. The van der Waals surface area contributed by atoms with Crippen molar-refractivity contribution in [2.45, 2.75) is 31.7 Å². The molecular formula is C13H20N4O3. The molecule has 1 N–H and O–H groups in total. The second-order valence-corrected chi connectivity index (χ2v) is 5.34. The summed E-state index contributed by atoms with van der Waals surface area (Å²) in [6.07, 6.45) is 3.12. The first kappa shape index (κ1) is 13.5. The Bertz CT molecular complexity index is 482. The van der Waals surface area contributed by atoms with Crippen LogP contribution in [0.2, 0.25) is 0 Å². The van der Waals surface area contributed by atoms with E-state index in [1.807, 2.05) is 0 Å². The number of aliphatic carboxylic acids is 1. The first-order chi connectivity index (χ1) is 9.74. The quantitative estimate of drug-likeness (QED) is 0.843. The summed E-state index contributed by atoms with van der Waals surface area (Å²) in [6, 6.07) is -0.539. The molecule has 0 bridgehead atoms. The molecule has 1 aromatic rings. The van der Waals surface area contributed by atoms with Gasteiger partial charge in [-0.05, 0) is 12.8 Å². The number of ether oxygens (including phenoxy) is 1. The highest BCUT2D eigenvalue weighted by atomic mass is 16.5. The van der Waals surface area contributed by atoms with Crippen LogP contribution in [-0.4, -0.2) is 63.6 Å². The van der Waals surface area contributed by atoms with Crippen LogP contribution in [-0.2, 0) is 22.4 Å². The SMILES string of the molecule is O=C(O)C1CCCc2nc(CCN3CCOCC3)nn21. The van der Waals surface area contributed by atoms with Crippen molar-refractivity contribution in [3.8, 4) is 0 Å². The largest absolute Gasteiger partial charge is 0.480 e. The van der Waals surface area contributed by atoms with Crippen molar-refractivity contribution in [1.29, 1.82) is 0 Å². The van der Waals surface area contributed by atoms with Gasteiger partial charge >= 0.3 is 5.97 Å². The molecule has 20 heavy (non-hydrogen) atoms. The molecule has 3 heterocycles. The van der Waals surface area contributed by atoms with Crippen molar-refractivity contribution < 1.29 is 14.6 Å². The Hall–Kier alpha value is -1.47. The van der Waals surface area contributed by atoms with Gasteiger partial charge in [-0.25, -0.2) is 14.5 Å². The number of aromatic nitrogens is 3. The Morgan fingerprint density at radius 3 is 2.95 bits per heavy atom. The van der Waals surface area contributed by atoms with Gasteiger partial charge in [-0.15, -0.1) is 0 Å². The minimum Gasteiger partial charge on any atom is -0.480 e. The van der Waals surface area contributed by atoms with E-state index >= 15 is 0 Å². The van der Waals surface area contributed by atoms with Gasteiger partial charge in [-0.2, -0.15) is 5.10 Å². The number of hydrogen-bond donors (Lipinski definition) is 1. The second-order valence-electron chi connectivity index (χ2n) is 5.34. The maximum absolute atomic E-state index is 11.2. The summed E-state index contributed by atoms with van der Waals surface area (Å²) in [4.78, 5) is 18.1. The number of carboxylic acids is 1. The van der Waals surface area contributed by atoms with Crippen molar-refractivity contribution in [1.82, 2.24) is 19.7 Å². The fraction of sp³-hybridized carbons (Fsp3) is 0.769. The number of carboxylic acid groups (broad SMARTS) is 1. The average molecular weight is 280 g/mol. The highest BCUT2D eigenvalue weighted by molar-refractivity contribution is 5.71. The van der Waals surface area contributed by atoms with Crippen LogP contribution in [0.4, 0.5) is 0 Å². The van der Waals surface area contributed by atoms with E-state index in [0.717, 1.165) is 63.8 Å². The molecule has 0 amide bonds. The number of fused-ring (bicyclic) bond motifs is 1. The predicted octanol–water partition coefficient (Wildman–Crippen LogP) is 0.115. The maximum Gasteiger partial charge on any atom is 0.328 e. The summed E-state index contributed by atoms with van der Waals surface area (Å²) in [5.41, 5.74) is 0. The number of hydrogen-bond acceptors (Lipinski definition) is 5. The molecule has 0 saturated carbocycles. The predicted molar refractivity (Wildman–Crippen MR) is 70.6 cm³/mol. The number of aryl methyl sites for hydroxylation is 1. The second kappa shape index (κ2) is 5.88. The molecule has 1 atom stereocenters. The topological polar surface area (TPSA) is 80.5 Å². The molecule has 2 aliphatic rings. The van der Waals surface area contributed by atoms with Crippen LogP contribution in [0.5, 0.6) is 0 Å². The van der Waals surface area contributed by atoms with E-state index in [-0.39, 0.29) is 0 Å². The van der Waals surface area contributed by atoms with E-state index < -0.39 is 12.0 Å². The normalized spacial score (nSPS) is 23.5. The minimum absolute atomic E-state index is 0.539. The Balaban J connectivity index is 1.64. The summed E-state index contributed by atoms with van der Waals surface area (Å²) >= 11 is 0. The zero-order chi connectivity index (χ0) is 13.9. The Morgan fingerprint density at radius 1 is 1.40 bits per heavy atom. The zero-order valence-electron chi connectivity index (χ0n) is 11.5. The lowest BCUT2D eigenvalue weighted by Crippen LogP contribution is -2.37. The standard InChI is InChI=1S/C13H20N4O3/c18-13(19)10-2-1-3-12-14-11(15-17(10)12)4-5-16-6-8-20-9-7-16/h10H,1-9H2,(H,18,19). The summed E-state index contributed by atoms with van der Waals surface area (Å²) in [5.74, 6) is 0.774. The van der Waals surface area contributed by atoms with Gasteiger partial charge in [0.2, 0.25) is 0 Å². The van der Waals surface area contributed by atoms with Crippen LogP contribution in [0.25, 0.3) is 0 Å². The van der Waals surface area contributed by atoms with Crippen molar-refractivity contribution in [2.24, 2.45) is 0 Å². The molecule has 0 aliphatic carbocycles. The van der Waals surface area contributed by atoms with E-state index in [0.29, 0.717) is 6.42 Å². The third-order valence-electron chi connectivity index (χ3n) is 3.96. The van der Waals surface area contributed by atoms with E-state index in [9.17, 15) is 9.90 Å². The van der Waals surface area contributed by atoms with Crippen LogP contribution in [0.3, 0.4) is 0 Å². The first-order valence-corrected chi connectivity index (χ1v) is 7.21. The maximum atomic E-state index is 11.2. The van der Waals surface area contributed by atoms with Gasteiger partial charge in [-0.3, -0.25) is 4.90 Å². The molecule has 1 aromatic heterocycles. The molecule has 3 rings (SSSR count). The van der Waals surface area contributed by atoms with Gasteiger partial charge in [-0.1, -0.05) is 0 Å². The minimum atomic E-state index is -0.810. The lowest BCUT2D eigenvalue weighted by molar-refractivity contribution is -0.141. The molecule has 0 spiro atoms. The van der Waals surface area contributed by atoms with Crippen LogP contribution < -0.4 is 0 Å². The van der Waals surface area contributed by atoms with E-state index in [1.54, 1.807) is 4.68 Å². The van der Waals surface area contributed by atoms with Gasteiger partial charge < -0.3 is 9.84 Å². The van der Waals surface area contributed by atoms with Crippen LogP contribution in [0, 0.1) is 0 Å². The average Bonchev–Trinajstić information content (AvgIpc) is 2.88. The number of carbonyl (C=O) groups is 1. The van der Waals surface area contributed by atoms with Crippen molar-refractivity contribution in [3.63, 3.8) is 0 Å². The summed E-state index contributed by atoms with van der Waals surface area (Å²) < 4.78 is 6.93. The van der Waals surface area contributed by atoms with Gasteiger partial charge in [0.25, 0.3) is 0 Å². The van der Waals surface area contributed by atoms with E-state index in [4.69, 9.17) is 4.74 Å². The fourth-order valence-corrected chi connectivity index (χ4v) is 2.82. The highest BCUT2D eigenvalue weighted by Crippen LogP contribution is 2.23. The van der Waals surface area contributed by atoms with Gasteiger partial charge in [0.05, 0.1) is 13.2 Å². The molecule has 7 nitrogen and oxygen atoms in total. The van der Waals surface area contributed by atoms with E-state index in [2.05, 4.69) is 15.0 Å². The van der Waals surface area contributed by atoms with Gasteiger partial charge in [0.15, 0.2) is 11.9 Å². The summed E-state index contributed by atoms with van der Waals surface area (Å²) in [6.45, 7) is 4.38. The molecule has 0 aromatic carbocycles. The van der Waals surface area contributed by atoms with Crippen LogP contribution in [0.15, 0.2) is 0 Å². The number of morpholine rings is 1. The molecular weight excluding hydrogens is 260 g/mol. The Kier molecular flexibility index (Phi) is 3.98. The molecule has 2 aliphatic heterocycles. The molecule has 1 fully saturated rings. The lowest BCUT2D eigenvalue weighted by Gasteiger charge is -2.25. The summed E-state index contributed by atoms with van der Waals surface area (Å²) in [5, 5.41) is 13.6. The fourth-order valence-electron chi connectivity index (χ4n) is 2.82. The van der Waals surface area contributed by atoms with Crippen LogP contribution in [0.1, 0.15) is 30.5 Å². The molecule has 110 valence electrons. The molecule has 7 heteroatoms.